The smallest absolute Gasteiger partial charge is 0.00796 e. The summed E-state index contributed by atoms with van der Waals surface area (Å²) in [4.78, 5) is 0. The van der Waals surface area contributed by atoms with Crippen LogP contribution in [0.2, 0.25) is 0 Å². The largest absolute Gasteiger partial charge is 0.316 e. The second-order valence-electron chi connectivity index (χ2n) is 5.07. The Morgan fingerprint density at radius 3 is 3.06 bits per heavy atom. The second kappa shape index (κ2) is 6.77. The van der Waals surface area contributed by atoms with E-state index in [2.05, 4.69) is 41.8 Å². The van der Waals surface area contributed by atoms with E-state index in [4.69, 9.17) is 0 Å². The van der Waals surface area contributed by atoms with Gasteiger partial charge in [-0.2, -0.15) is 0 Å². The normalized spacial score (nSPS) is 19.7. The zero-order chi connectivity index (χ0) is 11.9. The van der Waals surface area contributed by atoms with Crippen LogP contribution in [-0.4, -0.2) is 25.7 Å². The van der Waals surface area contributed by atoms with Gasteiger partial charge in [0.15, 0.2) is 0 Å². The highest BCUT2D eigenvalue weighted by Gasteiger charge is 2.12. The van der Waals surface area contributed by atoms with Crippen molar-refractivity contribution in [3.63, 3.8) is 0 Å². The lowest BCUT2D eigenvalue weighted by molar-refractivity contribution is 0.525. The fraction of sp³-hybridized carbons (Fsp3) is 0.600. The SMILES string of the molecule is Cc1cccc(CCNCCC2CCCN2)c1. The molecule has 1 aliphatic heterocycles. The first-order valence-electron chi connectivity index (χ1n) is 6.84. The van der Waals surface area contributed by atoms with E-state index in [1.54, 1.807) is 0 Å². The summed E-state index contributed by atoms with van der Waals surface area (Å²) >= 11 is 0. The fourth-order valence-corrected chi connectivity index (χ4v) is 2.50. The van der Waals surface area contributed by atoms with Gasteiger partial charge in [-0.05, 0) is 57.8 Å². The van der Waals surface area contributed by atoms with E-state index in [9.17, 15) is 0 Å². The number of nitrogens with one attached hydrogen (secondary N) is 2. The highest BCUT2D eigenvalue weighted by molar-refractivity contribution is 5.22. The van der Waals surface area contributed by atoms with Gasteiger partial charge in [0.1, 0.15) is 0 Å². The summed E-state index contributed by atoms with van der Waals surface area (Å²) < 4.78 is 0. The summed E-state index contributed by atoms with van der Waals surface area (Å²) in [6.07, 6.45) is 5.13. The molecule has 2 N–H and O–H groups in total. The minimum absolute atomic E-state index is 0.765. The molecule has 0 aliphatic carbocycles. The van der Waals surface area contributed by atoms with Gasteiger partial charge in [0.05, 0.1) is 0 Å². The summed E-state index contributed by atoms with van der Waals surface area (Å²) in [7, 11) is 0. The molecule has 1 saturated heterocycles. The molecule has 1 heterocycles. The van der Waals surface area contributed by atoms with Crippen LogP contribution in [0.4, 0.5) is 0 Å². The maximum Gasteiger partial charge on any atom is 0.00796 e. The van der Waals surface area contributed by atoms with Crippen LogP contribution in [-0.2, 0) is 6.42 Å². The van der Waals surface area contributed by atoms with Crippen molar-refractivity contribution in [3.8, 4) is 0 Å². The van der Waals surface area contributed by atoms with Crippen molar-refractivity contribution in [2.75, 3.05) is 19.6 Å². The van der Waals surface area contributed by atoms with Gasteiger partial charge >= 0.3 is 0 Å². The first kappa shape index (κ1) is 12.6. The molecule has 17 heavy (non-hydrogen) atoms. The summed E-state index contributed by atoms with van der Waals surface area (Å²) in [5.74, 6) is 0. The number of hydrogen-bond acceptors (Lipinski definition) is 2. The molecule has 0 spiro atoms. The van der Waals surface area contributed by atoms with Crippen LogP contribution in [0.3, 0.4) is 0 Å². The maximum atomic E-state index is 3.54. The minimum atomic E-state index is 0.765. The van der Waals surface area contributed by atoms with Gasteiger partial charge in [0.25, 0.3) is 0 Å². The molecule has 2 rings (SSSR count). The second-order valence-corrected chi connectivity index (χ2v) is 5.07. The van der Waals surface area contributed by atoms with Gasteiger partial charge in [-0.3, -0.25) is 0 Å². The average Bonchev–Trinajstić information content (AvgIpc) is 2.82. The van der Waals surface area contributed by atoms with Crippen molar-refractivity contribution >= 4 is 0 Å². The van der Waals surface area contributed by atoms with Crippen molar-refractivity contribution in [1.82, 2.24) is 10.6 Å². The fourth-order valence-electron chi connectivity index (χ4n) is 2.50. The lowest BCUT2D eigenvalue weighted by atomic mass is 10.1. The maximum absolute atomic E-state index is 3.54. The van der Waals surface area contributed by atoms with E-state index in [0.29, 0.717) is 0 Å². The lowest BCUT2D eigenvalue weighted by Crippen LogP contribution is -2.28. The van der Waals surface area contributed by atoms with E-state index < -0.39 is 0 Å². The Balaban J connectivity index is 1.56. The molecule has 1 aromatic rings. The Bertz CT molecular complexity index is 329. The van der Waals surface area contributed by atoms with Gasteiger partial charge in [-0.25, -0.2) is 0 Å². The van der Waals surface area contributed by atoms with Crippen molar-refractivity contribution < 1.29 is 0 Å². The Morgan fingerprint density at radius 1 is 1.35 bits per heavy atom. The number of benzene rings is 1. The van der Waals surface area contributed by atoms with E-state index in [-0.39, 0.29) is 0 Å². The van der Waals surface area contributed by atoms with Crippen LogP contribution in [0.25, 0.3) is 0 Å². The van der Waals surface area contributed by atoms with Gasteiger partial charge < -0.3 is 10.6 Å². The third kappa shape index (κ3) is 4.49. The zero-order valence-electron chi connectivity index (χ0n) is 10.8. The lowest BCUT2D eigenvalue weighted by Gasteiger charge is -2.10. The summed E-state index contributed by atoms with van der Waals surface area (Å²) in [5.41, 5.74) is 2.80. The summed E-state index contributed by atoms with van der Waals surface area (Å²) in [6, 6.07) is 9.56. The summed E-state index contributed by atoms with van der Waals surface area (Å²) in [5, 5.41) is 7.07. The number of hydrogen-bond donors (Lipinski definition) is 2. The Morgan fingerprint density at radius 2 is 2.29 bits per heavy atom. The first-order valence-corrected chi connectivity index (χ1v) is 6.84. The Kier molecular flexibility index (Phi) is 5.02. The topological polar surface area (TPSA) is 24.1 Å². The molecular formula is C15H24N2. The molecule has 0 radical (unpaired) electrons. The molecule has 1 unspecified atom stereocenters. The predicted octanol–water partition coefficient (Wildman–Crippen LogP) is 2.27. The molecule has 2 heteroatoms. The van der Waals surface area contributed by atoms with Gasteiger partial charge in [-0.1, -0.05) is 29.8 Å². The van der Waals surface area contributed by atoms with Crippen molar-refractivity contribution in [1.29, 1.82) is 0 Å². The Labute approximate surface area is 105 Å². The third-order valence-electron chi connectivity index (χ3n) is 3.50. The monoisotopic (exact) mass is 232 g/mol. The number of rotatable bonds is 6. The molecule has 94 valence electrons. The van der Waals surface area contributed by atoms with Crippen LogP contribution in [0.1, 0.15) is 30.4 Å². The van der Waals surface area contributed by atoms with Gasteiger partial charge in [0.2, 0.25) is 0 Å². The molecule has 1 aromatic carbocycles. The van der Waals surface area contributed by atoms with Crippen molar-refractivity contribution in [2.45, 2.75) is 38.6 Å². The quantitative estimate of drug-likeness (QED) is 0.735. The van der Waals surface area contributed by atoms with Crippen molar-refractivity contribution in [3.05, 3.63) is 35.4 Å². The first-order chi connectivity index (χ1) is 8.34. The van der Waals surface area contributed by atoms with Crippen LogP contribution < -0.4 is 10.6 Å². The molecular weight excluding hydrogens is 208 g/mol. The van der Waals surface area contributed by atoms with E-state index in [1.807, 2.05) is 0 Å². The minimum Gasteiger partial charge on any atom is -0.316 e. The molecule has 1 fully saturated rings. The Hall–Kier alpha value is -0.860. The van der Waals surface area contributed by atoms with Crippen LogP contribution in [0.15, 0.2) is 24.3 Å². The van der Waals surface area contributed by atoms with Gasteiger partial charge in [0, 0.05) is 6.04 Å². The standard InChI is InChI=1S/C15H24N2/c1-13-4-2-5-14(12-13)7-10-16-11-8-15-6-3-9-17-15/h2,4-5,12,15-17H,3,6-11H2,1H3. The molecule has 1 atom stereocenters. The molecule has 0 bridgehead atoms. The summed E-state index contributed by atoms with van der Waals surface area (Å²) in [6.45, 7) is 5.61. The van der Waals surface area contributed by atoms with Crippen LogP contribution in [0.5, 0.6) is 0 Å². The number of aryl methyl sites for hydroxylation is 1. The van der Waals surface area contributed by atoms with E-state index in [1.165, 1.54) is 36.9 Å². The molecule has 0 saturated carbocycles. The highest BCUT2D eigenvalue weighted by Crippen LogP contribution is 2.07. The molecule has 2 nitrogen and oxygen atoms in total. The van der Waals surface area contributed by atoms with Crippen LogP contribution in [0, 0.1) is 6.92 Å². The average molecular weight is 232 g/mol. The molecule has 0 amide bonds. The van der Waals surface area contributed by atoms with Crippen molar-refractivity contribution in [2.24, 2.45) is 0 Å². The zero-order valence-corrected chi connectivity index (χ0v) is 10.8. The van der Waals surface area contributed by atoms with E-state index >= 15 is 0 Å². The molecule has 0 aromatic heterocycles. The molecule has 1 aliphatic rings. The van der Waals surface area contributed by atoms with Gasteiger partial charge in [-0.15, -0.1) is 0 Å². The predicted molar refractivity (Wildman–Crippen MR) is 73.4 cm³/mol. The highest BCUT2D eigenvalue weighted by atomic mass is 14.9. The van der Waals surface area contributed by atoms with E-state index in [0.717, 1.165) is 25.6 Å². The third-order valence-corrected chi connectivity index (χ3v) is 3.50. The van der Waals surface area contributed by atoms with Crippen LogP contribution >= 0.6 is 0 Å².